The second-order valence-electron chi connectivity index (χ2n) is 6.00. The summed E-state index contributed by atoms with van der Waals surface area (Å²) in [5, 5.41) is 0. The van der Waals surface area contributed by atoms with E-state index < -0.39 is 0 Å². The lowest BCUT2D eigenvalue weighted by Gasteiger charge is -2.30. The third-order valence-corrected chi connectivity index (χ3v) is 4.57. The van der Waals surface area contributed by atoms with Crippen molar-refractivity contribution < 1.29 is 9.53 Å². The third-order valence-electron chi connectivity index (χ3n) is 4.57. The summed E-state index contributed by atoms with van der Waals surface area (Å²) in [6.45, 7) is 2.59. The largest absolute Gasteiger partial charge is 0.447 e. The predicted octanol–water partition coefficient (Wildman–Crippen LogP) is 4.59. The molecule has 0 aliphatic carbocycles. The Morgan fingerprint density at radius 2 is 1.74 bits per heavy atom. The van der Waals surface area contributed by atoms with Crippen LogP contribution in [0.3, 0.4) is 0 Å². The van der Waals surface area contributed by atoms with Crippen LogP contribution in [0.2, 0.25) is 0 Å². The number of benzene rings is 2. The molecule has 1 heterocycles. The number of amides is 1. The van der Waals surface area contributed by atoms with Gasteiger partial charge in [-0.3, -0.25) is 4.90 Å². The zero-order chi connectivity index (χ0) is 16.1. The van der Waals surface area contributed by atoms with E-state index in [9.17, 15) is 4.79 Å². The first-order valence-electron chi connectivity index (χ1n) is 8.33. The molecule has 23 heavy (non-hydrogen) atoms. The first kappa shape index (κ1) is 15.6. The maximum Gasteiger partial charge on any atom is 0.410 e. The van der Waals surface area contributed by atoms with Gasteiger partial charge in [0.05, 0.1) is 6.04 Å². The molecule has 0 aromatic heterocycles. The number of hydrogen-bond acceptors (Lipinski definition) is 2. The van der Waals surface area contributed by atoms with Gasteiger partial charge in [0.2, 0.25) is 0 Å². The molecule has 0 bridgehead atoms. The molecule has 1 amide bonds. The van der Waals surface area contributed by atoms with Crippen LogP contribution in [0.4, 0.5) is 4.79 Å². The molecule has 3 rings (SSSR count). The molecule has 0 N–H and O–H groups in total. The zero-order valence-electron chi connectivity index (χ0n) is 13.5. The molecule has 0 radical (unpaired) electrons. The van der Waals surface area contributed by atoms with Crippen LogP contribution >= 0.6 is 0 Å². The summed E-state index contributed by atoms with van der Waals surface area (Å²) in [4.78, 5) is 14.2. The smallest absolute Gasteiger partial charge is 0.410 e. The number of aryl methyl sites for hydroxylation is 1. The maximum absolute atomic E-state index is 12.3. The van der Waals surface area contributed by atoms with E-state index in [1.165, 1.54) is 5.56 Å². The summed E-state index contributed by atoms with van der Waals surface area (Å²) in [7, 11) is 0. The molecule has 2 aromatic carbocycles. The summed E-state index contributed by atoms with van der Waals surface area (Å²) in [6.07, 6.45) is 2.69. The molecule has 3 nitrogen and oxygen atoms in total. The highest BCUT2D eigenvalue weighted by atomic mass is 16.6. The van der Waals surface area contributed by atoms with Gasteiger partial charge in [-0.1, -0.05) is 67.6 Å². The highest BCUT2D eigenvalue weighted by Gasteiger charge is 2.38. The van der Waals surface area contributed by atoms with Gasteiger partial charge in [-0.05, 0) is 30.4 Å². The van der Waals surface area contributed by atoms with Gasteiger partial charge in [-0.2, -0.15) is 0 Å². The summed E-state index contributed by atoms with van der Waals surface area (Å²) < 4.78 is 5.35. The molecule has 0 unspecified atom stereocenters. The maximum atomic E-state index is 12.3. The van der Waals surface area contributed by atoms with Crippen LogP contribution in [-0.2, 0) is 11.2 Å². The lowest BCUT2D eigenvalue weighted by Crippen LogP contribution is -2.38. The van der Waals surface area contributed by atoms with Crippen LogP contribution in [0.5, 0.6) is 0 Å². The average molecular weight is 309 g/mol. The van der Waals surface area contributed by atoms with Gasteiger partial charge >= 0.3 is 6.09 Å². The number of carbonyl (C=O) groups excluding carboxylic acids is 1. The molecule has 2 aromatic rings. The van der Waals surface area contributed by atoms with E-state index in [0.717, 1.165) is 24.8 Å². The molecule has 1 fully saturated rings. The lowest BCUT2D eigenvalue weighted by molar-refractivity contribution is 0.140. The third kappa shape index (κ3) is 3.55. The van der Waals surface area contributed by atoms with Crippen LogP contribution in [0.15, 0.2) is 60.7 Å². The Hall–Kier alpha value is -2.29. The van der Waals surface area contributed by atoms with Gasteiger partial charge in [-0.15, -0.1) is 0 Å². The monoisotopic (exact) mass is 309 g/mol. The molecular weight excluding hydrogens is 286 g/mol. The lowest BCUT2D eigenvalue weighted by atomic mass is 9.99. The van der Waals surface area contributed by atoms with E-state index in [1.807, 2.05) is 29.2 Å². The van der Waals surface area contributed by atoms with E-state index in [4.69, 9.17) is 4.74 Å². The fraction of sp³-hybridized carbons (Fsp3) is 0.350. The molecule has 1 aliphatic heterocycles. The number of nitrogens with zero attached hydrogens (tertiary/aromatic N) is 1. The molecule has 3 heteroatoms. The van der Waals surface area contributed by atoms with E-state index in [-0.39, 0.29) is 18.2 Å². The van der Waals surface area contributed by atoms with Crippen molar-refractivity contribution in [1.29, 1.82) is 0 Å². The Kier molecular flexibility index (Phi) is 4.96. The van der Waals surface area contributed by atoms with Crippen LogP contribution in [-0.4, -0.2) is 23.6 Å². The number of hydrogen-bond donors (Lipinski definition) is 0. The van der Waals surface area contributed by atoms with Crippen LogP contribution < -0.4 is 0 Å². The number of cyclic esters (lactones) is 1. The second kappa shape index (κ2) is 7.32. The molecular formula is C20H23NO2. The number of carbonyl (C=O) groups is 1. The summed E-state index contributed by atoms with van der Waals surface area (Å²) in [5.74, 6) is 0. The van der Waals surface area contributed by atoms with Gasteiger partial charge in [0.25, 0.3) is 0 Å². The van der Waals surface area contributed by atoms with Crippen LogP contribution in [0.25, 0.3) is 0 Å². The molecule has 0 saturated carbocycles. The van der Waals surface area contributed by atoms with Crippen molar-refractivity contribution in [1.82, 2.24) is 4.90 Å². The quantitative estimate of drug-likeness (QED) is 0.781. The fourth-order valence-electron chi connectivity index (χ4n) is 3.29. The molecule has 120 valence electrons. The van der Waals surface area contributed by atoms with Crippen molar-refractivity contribution in [3.05, 3.63) is 71.8 Å². The number of rotatable bonds is 6. The zero-order valence-corrected chi connectivity index (χ0v) is 13.5. The minimum atomic E-state index is -0.182. The summed E-state index contributed by atoms with van der Waals surface area (Å²) in [6, 6.07) is 20.9. The topological polar surface area (TPSA) is 29.5 Å². The Labute approximate surface area is 137 Å². The van der Waals surface area contributed by atoms with Gasteiger partial charge < -0.3 is 4.74 Å². The SMILES string of the molecule is CC[C@H](CCc1ccccc1)N1C(=O)OC[C@H]1c1ccccc1. The predicted molar refractivity (Wildman–Crippen MR) is 91.2 cm³/mol. The summed E-state index contributed by atoms with van der Waals surface area (Å²) in [5.41, 5.74) is 2.46. The van der Waals surface area contributed by atoms with Crippen LogP contribution in [0, 0.1) is 0 Å². The minimum Gasteiger partial charge on any atom is -0.447 e. The first-order chi connectivity index (χ1) is 11.3. The van der Waals surface area contributed by atoms with Gasteiger partial charge in [0.1, 0.15) is 6.61 Å². The van der Waals surface area contributed by atoms with E-state index >= 15 is 0 Å². The Balaban J connectivity index is 1.74. The van der Waals surface area contributed by atoms with Crippen molar-refractivity contribution in [2.24, 2.45) is 0 Å². The Morgan fingerprint density at radius 3 is 2.39 bits per heavy atom. The molecule has 1 saturated heterocycles. The highest BCUT2D eigenvalue weighted by Crippen LogP contribution is 2.32. The highest BCUT2D eigenvalue weighted by molar-refractivity contribution is 5.71. The first-order valence-corrected chi connectivity index (χ1v) is 8.33. The number of ether oxygens (including phenoxy) is 1. The van der Waals surface area contributed by atoms with Crippen molar-refractivity contribution >= 4 is 6.09 Å². The Morgan fingerprint density at radius 1 is 1.09 bits per heavy atom. The van der Waals surface area contributed by atoms with Gasteiger partial charge in [0.15, 0.2) is 0 Å². The van der Waals surface area contributed by atoms with E-state index in [0.29, 0.717) is 6.61 Å². The van der Waals surface area contributed by atoms with Crippen molar-refractivity contribution in [3.8, 4) is 0 Å². The van der Waals surface area contributed by atoms with Crippen molar-refractivity contribution in [2.45, 2.75) is 38.3 Å². The van der Waals surface area contributed by atoms with Crippen molar-refractivity contribution in [3.63, 3.8) is 0 Å². The second-order valence-corrected chi connectivity index (χ2v) is 6.00. The minimum absolute atomic E-state index is 0.0319. The van der Waals surface area contributed by atoms with E-state index in [2.05, 4.69) is 43.3 Å². The normalized spacial score (nSPS) is 18.7. The van der Waals surface area contributed by atoms with Gasteiger partial charge in [0, 0.05) is 6.04 Å². The fourth-order valence-corrected chi connectivity index (χ4v) is 3.29. The average Bonchev–Trinajstić information content (AvgIpc) is 2.99. The standard InChI is InChI=1S/C20H23NO2/c1-2-18(14-13-16-9-5-3-6-10-16)21-19(15-23-20(21)22)17-11-7-4-8-12-17/h3-12,18-19H,2,13-15H2,1H3/t18-,19+/m1/s1. The van der Waals surface area contributed by atoms with Gasteiger partial charge in [-0.25, -0.2) is 4.79 Å². The summed E-state index contributed by atoms with van der Waals surface area (Å²) >= 11 is 0. The molecule has 1 aliphatic rings. The van der Waals surface area contributed by atoms with Crippen molar-refractivity contribution in [2.75, 3.05) is 6.61 Å². The van der Waals surface area contributed by atoms with Crippen LogP contribution in [0.1, 0.15) is 36.9 Å². The van der Waals surface area contributed by atoms with E-state index in [1.54, 1.807) is 0 Å². The molecule has 2 atom stereocenters. The Bertz CT molecular complexity index is 627. The molecule has 0 spiro atoms.